The zero-order chi connectivity index (χ0) is 18.5. The lowest BCUT2D eigenvalue weighted by atomic mass is 10.1. The van der Waals surface area contributed by atoms with E-state index < -0.39 is 29.1 Å². The smallest absolute Gasteiger partial charge is 0.365 e. The second kappa shape index (κ2) is 6.29. The summed E-state index contributed by atoms with van der Waals surface area (Å²) in [5.41, 5.74) is 3.78. The fourth-order valence-electron chi connectivity index (χ4n) is 2.36. The lowest BCUT2D eigenvalue weighted by Gasteiger charge is -2.14. The van der Waals surface area contributed by atoms with Gasteiger partial charge in [0.15, 0.2) is 0 Å². The largest absolute Gasteiger partial charge is 0.417 e. The van der Waals surface area contributed by atoms with E-state index in [9.17, 15) is 22.8 Å². The number of hydrogen-bond donors (Lipinski definition) is 1. The third-order valence-electron chi connectivity index (χ3n) is 3.43. The molecule has 130 valence electrons. The minimum Gasteiger partial charge on any atom is -0.365 e. The first-order valence-corrected chi connectivity index (χ1v) is 8.89. The molecule has 2 aromatic heterocycles. The molecule has 0 aliphatic carbocycles. The van der Waals surface area contributed by atoms with Crippen molar-refractivity contribution in [3.63, 3.8) is 0 Å². The van der Waals surface area contributed by atoms with Gasteiger partial charge < -0.3 is 5.73 Å². The van der Waals surface area contributed by atoms with Crippen LogP contribution in [0.15, 0.2) is 30.5 Å². The monoisotopic (exact) mass is 498 g/mol. The number of fused-ring (bicyclic) bond motifs is 1. The molecule has 10 heteroatoms. The third-order valence-corrected chi connectivity index (χ3v) is 6.10. The number of carbonyl (C=O) groups excluding carboxylic acids is 2. The fraction of sp³-hybridized carbons (Fsp3) is 0.0667. The summed E-state index contributed by atoms with van der Waals surface area (Å²) < 4.78 is 42.0. The van der Waals surface area contributed by atoms with Crippen LogP contribution in [0, 0.1) is 3.57 Å². The molecule has 2 heterocycles. The van der Waals surface area contributed by atoms with Gasteiger partial charge >= 0.3 is 6.18 Å². The van der Waals surface area contributed by atoms with Crippen LogP contribution in [-0.2, 0) is 6.18 Å². The lowest BCUT2D eigenvalue weighted by molar-refractivity contribution is -0.137. The number of thiophene rings is 1. The Morgan fingerprint density at radius 1 is 1.28 bits per heavy atom. The molecule has 0 bridgehead atoms. The van der Waals surface area contributed by atoms with Crippen LogP contribution in [0.4, 0.5) is 13.2 Å². The van der Waals surface area contributed by atoms with Gasteiger partial charge in [-0.1, -0.05) is 17.7 Å². The molecule has 0 aliphatic heterocycles. The first-order chi connectivity index (χ1) is 11.6. The summed E-state index contributed by atoms with van der Waals surface area (Å²) in [6.07, 6.45) is -3.33. The number of rotatable bonds is 2. The minimum atomic E-state index is -4.73. The predicted octanol–water partition coefficient (Wildman–Crippen LogP) is 4.77. The van der Waals surface area contributed by atoms with E-state index in [2.05, 4.69) is 0 Å². The summed E-state index contributed by atoms with van der Waals surface area (Å²) in [6.45, 7) is 0. The van der Waals surface area contributed by atoms with Crippen molar-refractivity contribution in [2.24, 2.45) is 5.73 Å². The van der Waals surface area contributed by atoms with Gasteiger partial charge in [0.1, 0.15) is 0 Å². The number of nitrogens with two attached hydrogens (primary N) is 1. The van der Waals surface area contributed by atoms with Gasteiger partial charge in [0.2, 0.25) is 0 Å². The van der Waals surface area contributed by atoms with Crippen molar-refractivity contribution >= 4 is 67.6 Å². The van der Waals surface area contributed by atoms with Crippen LogP contribution in [-0.4, -0.2) is 16.4 Å². The van der Waals surface area contributed by atoms with E-state index in [-0.39, 0.29) is 9.90 Å². The van der Waals surface area contributed by atoms with E-state index in [4.69, 9.17) is 17.3 Å². The molecule has 3 aromatic rings. The standard InChI is InChI=1S/C15H7ClF3IN2O2S/c16-7-3-1-2-6(15(17,18)19)11(7)14(24)22-5-8(20)12-9(22)4-10(25-12)13(21)23/h1-5H,(H2,21,23). The van der Waals surface area contributed by atoms with Crippen LogP contribution in [0.3, 0.4) is 0 Å². The Balaban J connectivity index is 2.24. The van der Waals surface area contributed by atoms with Crippen molar-refractivity contribution in [1.82, 2.24) is 4.57 Å². The summed E-state index contributed by atoms with van der Waals surface area (Å²) in [6, 6.07) is 4.53. The molecule has 0 atom stereocenters. The van der Waals surface area contributed by atoms with Gasteiger partial charge in [-0.15, -0.1) is 11.3 Å². The van der Waals surface area contributed by atoms with Crippen molar-refractivity contribution in [2.45, 2.75) is 6.18 Å². The fourth-order valence-corrected chi connectivity index (χ4v) is 4.40. The Hall–Kier alpha value is -1.59. The van der Waals surface area contributed by atoms with E-state index in [1.54, 1.807) is 0 Å². The Kier molecular flexibility index (Phi) is 4.58. The number of primary amides is 1. The van der Waals surface area contributed by atoms with Crippen LogP contribution < -0.4 is 5.73 Å². The number of amides is 1. The topological polar surface area (TPSA) is 65.1 Å². The molecule has 0 fully saturated rings. The van der Waals surface area contributed by atoms with Crippen molar-refractivity contribution in [3.8, 4) is 0 Å². The molecule has 1 aromatic carbocycles. The Bertz CT molecular complexity index is 1030. The molecule has 3 rings (SSSR count). The number of carbonyl (C=O) groups is 2. The van der Waals surface area contributed by atoms with Gasteiger partial charge in [-0.05, 0) is 40.8 Å². The normalized spacial score (nSPS) is 11.9. The maximum absolute atomic E-state index is 13.3. The molecule has 0 radical (unpaired) electrons. The van der Waals surface area contributed by atoms with Gasteiger partial charge in [-0.3, -0.25) is 14.2 Å². The molecule has 1 amide bonds. The Labute approximate surface area is 161 Å². The quantitative estimate of drug-likeness (QED) is 0.518. The highest BCUT2D eigenvalue weighted by Gasteiger charge is 2.37. The van der Waals surface area contributed by atoms with E-state index in [0.29, 0.717) is 13.8 Å². The molecule has 0 unspecified atom stereocenters. The molecule has 25 heavy (non-hydrogen) atoms. The number of aromatic nitrogens is 1. The first-order valence-electron chi connectivity index (χ1n) is 6.62. The van der Waals surface area contributed by atoms with Gasteiger partial charge in [0, 0.05) is 9.77 Å². The highest BCUT2D eigenvalue weighted by Crippen LogP contribution is 2.37. The maximum Gasteiger partial charge on any atom is 0.417 e. The van der Waals surface area contributed by atoms with Crippen molar-refractivity contribution in [2.75, 3.05) is 0 Å². The summed E-state index contributed by atoms with van der Waals surface area (Å²) in [5, 5.41) is -0.304. The molecule has 0 aliphatic rings. The second-order valence-corrected chi connectivity index (χ2v) is 7.62. The van der Waals surface area contributed by atoms with Crippen molar-refractivity contribution in [3.05, 3.63) is 55.1 Å². The summed E-state index contributed by atoms with van der Waals surface area (Å²) in [5.74, 6) is -1.61. The predicted molar refractivity (Wildman–Crippen MR) is 97.2 cm³/mol. The van der Waals surface area contributed by atoms with E-state index in [1.807, 2.05) is 22.6 Å². The average Bonchev–Trinajstić information content (AvgIpc) is 3.06. The third kappa shape index (κ3) is 3.15. The molecule has 4 nitrogen and oxygen atoms in total. The van der Waals surface area contributed by atoms with Gasteiger partial charge in [0.25, 0.3) is 11.8 Å². The van der Waals surface area contributed by atoms with Crippen molar-refractivity contribution < 1.29 is 22.8 Å². The molecule has 0 saturated carbocycles. The van der Waals surface area contributed by atoms with Gasteiger partial charge in [-0.2, -0.15) is 13.2 Å². The number of nitrogens with zero attached hydrogens (tertiary/aromatic N) is 1. The zero-order valence-corrected chi connectivity index (χ0v) is 15.8. The molecular formula is C15H7ClF3IN2O2S. The molecular weight excluding hydrogens is 492 g/mol. The minimum absolute atomic E-state index is 0.209. The van der Waals surface area contributed by atoms with Crippen LogP contribution in [0.1, 0.15) is 25.6 Å². The summed E-state index contributed by atoms with van der Waals surface area (Å²) in [7, 11) is 0. The first kappa shape index (κ1) is 18.2. The number of hydrogen-bond acceptors (Lipinski definition) is 3. The van der Waals surface area contributed by atoms with Gasteiger partial charge in [-0.25, -0.2) is 0 Å². The molecule has 2 N–H and O–H groups in total. The zero-order valence-electron chi connectivity index (χ0n) is 12.0. The number of alkyl halides is 3. The van der Waals surface area contributed by atoms with E-state index in [1.165, 1.54) is 18.3 Å². The SMILES string of the molecule is NC(=O)c1cc2c(s1)c(I)cn2C(=O)c1c(Cl)cccc1C(F)(F)F. The van der Waals surface area contributed by atoms with Gasteiger partial charge in [0.05, 0.1) is 31.2 Å². The number of halogens is 5. The Morgan fingerprint density at radius 3 is 2.56 bits per heavy atom. The lowest BCUT2D eigenvalue weighted by Crippen LogP contribution is -2.18. The maximum atomic E-state index is 13.3. The highest BCUT2D eigenvalue weighted by atomic mass is 127. The van der Waals surface area contributed by atoms with Crippen LogP contribution >= 0.6 is 45.5 Å². The van der Waals surface area contributed by atoms with Crippen LogP contribution in [0.5, 0.6) is 0 Å². The van der Waals surface area contributed by atoms with E-state index in [0.717, 1.165) is 28.0 Å². The highest BCUT2D eigenvalue weighted by molar-refractivity contribution is 14.1. The van der Waals surface area contributed by atoms with Crippen LogP contribution in [0.2, 0.25) is 5.02 Å². The molecule has 0 spiro atoms. The second-order valence-electron chi connectivity index (χ2n) is 5.00. The van der Waals surface area contributed by atoms with Crippen molar-refractivity contribution in [1.29, 1.82) is 0 Å². The van der Waals surface area contributed by atoms with E-state index >= 15 is 0 Å². The number of benzene rings is 1. The summed E-state index contributed by atoms with van der Waals surface area (Å²) in [4.78, 5) is 24.4. The van der Waals surface area contributed by atoms with Crippen LogP contribution in [0.25, 0.3) is 10.2 Å². The Morgan fingerprint density at radius 2 is 1.96 bits per heavy atom. The molecule has 0 saturated heterocycles. The summed E-state index contributed by atoms with van der Waals surface area (Å²) >= 11 is 8.89. The average molecular weight is 499 g/mol.